The number of allylic oxidation sites excluding steroid dienone is 1. The molecule has 6 bridgehead atoms. The molecule has 17 heteroatoms. The number of aliphatic hydroxyl groups excluding tert-OH is 2. The summed E-state index contributed by atoms with van der Waals surface area (Å²) in [6.45, 7) is 1.06. The fourth-order valence-electron chi connectivity index (χ4n) is 9.64. The van der Waals surface area contributed by atoms with Gasteiger partial charge in [0.15, 0.2) is 17.6 Å². The van der Waals surface area contributed by atoms with Gasteiger partial charge in [-0.05, 0) is 17.7 Å². The van der Waals surface area contributed by atoms with E-state index in [1.54, 1.807) is 19.4 Å². The number of nitrogens with zero attached hydrogens (tertiary/aromatic N) is 2. The molecule has 8 aliphatic heterocycles. The van der Waals surface area contributed by atoms with Gasteiger partial charge in [-0.3, -0.25) is 14.6 Å². The monoisotopic (exact) mass is 872 g/mol. The third-order valence-electron chi connectivity index (χ3n) is 12.6. The second-order valence-electron chi connectivity index (χ2n) is 16.5. The fourth-order valence-corrected chi connectivity index (χ4v) is 9.64. The molecule has 0 amide bonds. The lowest BCUT2D eigenvalue weighted by Crippen LogP contribution is -2.72. The van der Waals surface area contributed by atoms with Crippen molar-refractivity contribution in [1.29, 1.82) is 0 Å². The molecule has 0 aromatic heterocycles. The zero-order valence-electron chi connectivity index (χ0n) is 34.4. The lowest BCUT2D eigenvalue weighted by atomic mass is 9.75. The molecule has 17 nitrogen and oxygen atoms in total. The number of carbonyl (C=O) groups excluding carboxylic acids is 1. The second-order valence-corrected chi connectivity index (χ2v) is 16.5. The minimum atomic E-state index is -2.46. The van der Waals surface area contributed by atoms with Crippen LogP contribution in [0.4, 0.5) is 0 Å². The zero-order chi connectivity index (χ0) is 44.4. The highest BCUT2D eigenvalue weighted by Gasteiger charge is 2.60. The molecule has 0 spiro atoms. The first-order valence-electron chi connectivity index (χ1n) is 20.8. The Hall–Kier alpha value is -6.57. The number of nitrogens with two attached hydrogens (primary N) is 2. The number of aliphatic imine (C=N–C) groups is 1. The summed E-state index contributed by atoms with van der Waals surface area (Å²) in [5.41, 5.74) is 14.9. The zero-order valence-corrected chi connectivity index (χ0v) is 34.4. The number of carboxylic acids is 1. The molecule has 0 saturated carbocycles. The van der Waals surface area contributed by atoms with E-state index < -0.39 is 91.3 Å². The predicted octanol–water partition coefficient (Wildman–Crippen LogP) is 1.85. The largest absolute Gasteiger partial charge is 0.493 e. The van der Waals surface area contributed by atoms with Crippen LogP contribution in [0, 0.1) is 23.7 Å². The van der Waals surface area contributed by atoms with Crippen LogP contribution in [0.15, 0.2) is 77.1 Å². The van der Waals surface area contributed by atoms with Gasteiger partial charge < -0.3 is 70.0 Å². The average Bonchev–Trinajstić information content (AvgIpc) is 3.99. The Kier molecular flexibility index (Phi) is 10.5. The van der Waals surface area contributed by atoms with Crippen molar-refractivity contribution >= 4 is 18.2 Å². The first-order valence-corrected chi connectivity index (χ1v) is 20.8. The van der Waals surface area contributed by atoms with Crippen molar-refractivity contribution in [3.05, 3.63) is 99.9 Å². The summed E-state index contributed by atoms with van der Waals surface area (Å²) in [6.07, 6.45) is -7.51. The van der Waals surface area contributed by atoms with Crippen molar-refractivity contribution in [1.82, 2.24) is 4.90 Å². The standard InChI is InChI=1S/C47H44N4O13/c1-58-30-13-12-27-36-38-25(23-8-3-2-4-9-23)10-5-6-17-59-40(30)39(27)63-41(36)35-28(21-51-20-24-14-16-50-29(24)22-51)26-11-7-15-47(57)43(56)37(55)46(61-31(26)18-32(35)60-38)64-44(47)42(45(48)49)62-34(54)19-33(52)53/h2-4,8-9,12-14,16,18,22,25,36-38,41-46,55-57H,6,15,17,19-21,48-49H2,1H3,(H,52,53). The SMILES string of the molecule is COc1ccc2c3c1OCCC#CC(c1ccccc1)C1Oc4cc5c(c(CN6C=C7N=CC=C7C6)c4C(O3)C21)C#CCC1(O)C(O)C(O)C(O5)OC1C(OC(=O)CC(=O)O)C(N)N. The van der Waals surface area contributed by atoms with Gasteiger partial charge in [0.05, 0.1) is 43.0 Å². The van der Waals surface area contributed by atoms with Gasteiger partial charge in [0.25, 0.3) is 0 Å². The van der Waals surface area contributed by atoms with Crippen LogP contribution in [0.3, 0.4) is 0 Å². The van der Waals surface area contributed by atoms with E-state index in [9.17, 15) is 30.0 Å². The molecule has 0 aliphatic carbocycles. The topological polar surface area (TPSA) is 247 Å². The Labute approximate surface area is 366 Å². The number of esters is 1. The summed E-state index contributed by atoms with van der Waals surface area (Å²) in [5.74, 6) is 11.3. The van der Waals surface area contributed by atoms with E-state index in [0.717, 1.165) is 22.4 Å². The van der Waals surface area contributed by atoms with Gasteiger partial charge in [0, 0.05) is 66.7 Å². The van der Waals surface area contributed by atoms with Crippen LogP contribution in [-0.2, 0) is 25.6 Å². The molecular weight excluding hydrogens is 829 g/mol. The van der Waals surface area contributed by atoms with Crippen LogP contribution in [0.1, 0.15) is 65.0 Å². The number of aliphatic carboxylic acids is 1. The minimum absolute atomic E-state index is 0.0891. The fraction of sp³-hybridized carbons (Fsp3) is 0.383. The van der Waals surface area contributed by atoms with Crippen molar-refractivity contribution in [3.63, 3.8) is 0 Å². The second kappa shape index (κ2) is 16.2. The van der Waals surface area contributed by atoms with Gasteiger partial charge in [0.2, 0.25) is 12.0 Å². The summed E-state index contributed by atoms with van der Waals surface area (Å²) in [4.78, 5) is 30.6. The quantitative estimate of drug-likeness (QED) is 0.0778. The van der Waals surface area contributed by atoms with Crippen molar-refractivity contribution in [2.24, 2.45) is 16.5 Å². The molecule has 1 saturated heterocycles. The Morgan fingerprint density at radius 1 is 1.06 bits per heavy atom. The summed E-state index contributed by atoms with van der Waals surface area (Å²) < 4.78 is 44.6. The van der Waals surface area contributed by atoms with E-state index in [1.165, 1.54) is 0 Å². The third-order valence-corrected chi connectivity index (χ3v) is 12.6. The Morgan fingerprint density at radius 3 is 2.66 bits per heavy atom. The number of methoxy groups -OCH3 is 1. The van der Waals surface area contributed by atoms with Gasteiger partial charge in [-0.15, -0.1) is 0 Å². The molecule has 330 valence electrons. The highest BCUT2D eigenvalue weighted by atomic mass is 16.7. The van der Waals surface area contributed by atoms with E-state index in [4.69, 9.17) is 44.6 Å². The summed E-state index contributed by atoms with van der Waals surface area (Å²) in [5, 5.41) is 44.6. The highest BCUT2D eigenvalue weighted by Crippen LogP contribution is 2.61. The van der Waals surface area contributed by atoms with E-state index in [1.807, 2.05) is 54.7 Å². The number of aliphatic hydroxyl groups is 3. The van der Waals surface area contributed by atoms with Crippen LogP contribution in [0.25, 0.3) is 0 Å². The maximum atomic E-state index is 12.6. The van der Waals surface area contributed by atoms with E-state index in [0.29, 0.717) is 52.7 Å². The molecule has 0 radical (unpaired) electrons. The molecule has 10 unspecified atom stereocenters. The minimum Gasteiger partial charge on any atom is -0.493 e. The van der Waals surface area contributed by atoms with Gasteiger partial charge in [-0.2, -0.15) is 0 Å². The van der Waals surface area contributed by atoms with Crippen molar-refractivity contribution in [2.45, 2.75) is 92.3 Å². The molecule has 10 atom stereocenters. The number of hydrogen-bond donors (Lipinski definition) is 6. The maximum Gasteiger partial charge on any atom is 0.317 e. The first-order chi connectivity index (χ1) is 30.9. The van der Waals surface area contributed by atoms with E-state index >= 15 is 0 Å². The number of carbonyl (C=O) groups is 2. The summed E-state index contributed by atoms with van der Waals surface area (Å²) in [6, 6.07) is 15.3. The van der Waals surface area contributed by atoms with Crippen LogP contribution in [0.5, 0.6) is 28.7 Å². The molecule has 3 aromatic carbocycles. The average molecular weight is 873 g/mol. The summed E-state index contributed by atoms with van der Waals surface area (Å²) >= 11 is 0. The van der Waals surface area contributed by atoms with Crippen molar-refractivity contribution < 1.29 is 63.2 Å². The van der Waals surface area contributed by atoms with Crippen molar-refractivity contribution in [3.8, 4) is 52.4 Å². The predicted molar refractivity (Wildman–Crippen MR) is 224 cm³/mol. The molecule has 8 heterocycles. The molecule has 11 rings (SSSR count). The highest BCUT2D eigenvalue weighted by molar-refractivity contribution is 5.90. The number of hydrogen-bond acceptors (Lipinski definition) is 16. The Bertz CT molecular complexity index is 2640. The molecule has 1 fully saturated rings. The smallest absolute Gasteiger partial charge is 0.317 e. The van der Waals surface area contributed by atoms with Crippen LogP contribution in [0.2, 0.25) is 0 Å². The number of carboxylic acid groups (broad SMARTS) is 1. The third kappa shape index (κ3) is 6.98. The molecule has 64 heavy (non-hydrogen) atoms. The van der Waals surface area contributed by atoms with Gasteiger partial charge in [-0.1, -0.05) is 60.1 Å². The van der Waals surface area contributed by atoms with Crippen LogP contribution < -0.4 is 35.2 Å². The van der Waals surface area contributed by atoms with Crippen LogP contribution >= 0.6 is 0 Å². The Balaban J connectivity index is 1.15. The van der Waals surface area contributed by atoms with Crippen LogP contribution in [-0.4, -0.2) is 112 Å². The van der Waals surface area contributed by atoms with E-state index in [2.05, 4.69) is 33.6 Å². The number of rotatable bonds is 9. The lowest BCUT2D eigenvalue weighted by molar-refractivity contribution is -0.324. The van der Waals surface area contributed by atoms with Gasteiger partial charge in [-0.25, -0.2) is 0 Å². The number of benzene rings is 3. The normalized spacial score (nSPS) is 29.2. The summed E-state index contributed by atoms with van der Waals surface area (Å²) in [7, 11) is 1.57. The van der Waals surface area contributed by atoms with Crippen molar-refractivity contribution in [2.75, 3.05) is 20.3 Å². The Morgan fingerprint density at radius 2 is 1.89 bits per heavy atom. The number of fused-ring (bicyclic) bond motifs is 6. The maximum absolute atomic E-state index is 12.6. The first kappa shape index (κ1) is 41.4. The number of ether oxygens (including phenoxy) is 7. The lowest BCUT2D eigenvalue weighted by Gasteiger charge is -2.50. The van der Waals surface area contributed by atoms with Gasteiger partial charge in [0.1, 0.15) is 54.0 Å². The molecule has 3 aromatic rings. The van der Waals surface area contributed by atoms with Gasteiger partial charge >= 0.3 is 11.9 Å². The molecule has 8 N–H and O–H groups in total. The molecular formula is C47H44N4O13. The van der Waals surface area contributed by atoms with E-state index in [-0.39, 0.29) is 18.9 Å². The molecule has 8 aliphatic rings.